The number of hydrogen-bond donors (Lipinski definition) is 1. The van der Waals surface area contributed by atoms with E-state index in [0.717, 1.165) is 5.56 Å². The molecule has 0 spiro atoms. The Morgan fingerprint density at radius 2 is 1.97 bits per heavy atom. The van der Waals surface area contributed by atoms with Crippen LogP contribution >= 0.6 is 11.8 Å². The number of carbonyl (C=O) groups excluding carboxylic acids is 1. The SMILES string of the molecule is CCOC(=O)C1=C(c2ccccc2)N=C2SC(C#N)=C(N)N2[C@H]1c1ccc(OC)cc1OC. The van der Waals surface area contributed by atoms with E-state index in [1.54, 1.807) is 38.2 Å². The second-order valence-electron chi connectivity index (χ2n) is 7.05. The third-order valence-corrected chi connectivity index (χ3v) is 6.24. The second-order valence-corrected chi connectivity index (χ2v) is 8.03. The van der Waals surface area contributed by atoms with E-state index < -0.39 is 12.0 Å². The fourth-order valence-corrected chi connectivity index (χ4v) is 4.67. The highest BCUT2D eigenvalue weighted by Crippen LogP contribution is 2.49. The zero-order chi connectivity index (χ0) is 23.5. The Hall–Kier alpha value is -3.90. The van der Waals surface area contributed by atoms with Crippen molar-refractivity contribution in [3.63, 3.8) is 0 Å². The molecule has 0 saturated heterocycles. The lowest BCUT2D eigenvalue weighted by atomic mass is 9.91. The van der Waals surface area contributed by atoms with Gasteiger partial charge in [-0.15, -0.1) is 0 Å². The molecule has 33 heavy (non-hydrogen) atoms. The van der Waals surface area contributed by atoms with Crippen LogP contribution in [0.5, 0.6) is 11.5 Å². The lowest BCUT2D eigenvalue weighted by Gasteiger charge is -2.36. The third-order valence-electron chi connectivity index (χ3n) is 5.27. The quantitative estimate of drug-likeness (QED) is 0.646. The summed E-state index contributed by atoms with van der Waals surface area (Å²) >= 11 is 1.17. The van der Waals surface area contributed by atoms with Gasteiger partial charge in [-0.25, -0.2) is 9.79 Å². The maximum atomic E-state index is 13.4. The first-order valence-corrected chi connectivity index (χ1v) is 11.0. The maximum absolute atomic E-state index is 13.4. The number of thioether (sulfide) groups is 1. The largest absolute Gasteiger partial charge is 0.497 e. The number of fused-ring (bicyclic) bond motifs is 1. The van der Waals surface area contributed by atoms with Gasteiger partial charge in [-0.2, -0.15) is 5.26 Å². The van der Waals surface area contributed by atoms with Crippen LogP contribution in [0.3, 0.4) is 0 Å². The second kappa shape index (κ2) is 9.30. The van der Waals surface area contributed by atoms with E-state index >= 15 is 0 Å². The van der Waals surface area contributed by atoms with Crippen LogP contribution in [-0.4, -0.2) is 36.9 Å². The number of methoxy groups -OCH3 is 2. The molecule has 0 bridgehead atoms. The molecular weight excluding hydrogens is 440 g/mol. The third kappa shape index (κ3) is 3.90. The number of aliphatic imine (C=N–C) groups is 1. The van der Waals surface area contributed by atoms with Crippen molar-refractivity contribution in [2.45, 2.75) is 13.0 Å². The number of hydrogen-bond acceptors (Lipinski definition) is 9. The van der Waals surface area contributed by atoms with Crippen molar-refractivity contribution in [2.24, 2.45) is 10.7 Å². The Morgan fingerprint density at radius 3 is 2.61 bits per heavy atom. The van der Waals surface area contributed by atoms with Crippen LogP contribution in [0.15, 0.2) is 69.8 Å². The molecule has 168 valence electrons. The minimum Gasteiger partial charge on any atom is -0.497 e. The summed E-state index contributed by atoms with van der Waals surface area (Å²) in [7, 11) is 3.11. The van der Waals surface area contributed by atoms with Crippen molar-refractivity contribution < 1.29 is 19.0 Å². The molecule has 0 fully saturated rings. The molecule has 9 heteroatoms. The van der Waals surface area contributed by atoms with Crippen LogP contribution in [0, 0.1) is 11.3 Å². The molecule has 2 aromatic rings. The van der Waals surface area contributed by atoms with Crippen molar-refractivity contribution in [3.8, 4) is 17.6 Å². The smallest absolute Gasteiger partial charge is 0.338 e. The van der Waals surface area contributed by atoms with Crippen LogP contribution in [0.2, 0.25) is 0 Å². The van der Waals surface area contributed by atoms with Crippen molar-refractivity contribution in [1.82, 2.24) is 4.90 Å². The number of nitriles is 1. The number of rotatable bonds is 6. The van der Waals surface area contributed by atoms with Gasteiger partial charge in [0.1, 0.15) is 34.3 Å². The number of benzene rings is 2. The summed E-state index contributed by atoms with van der Waals surface area (Å²) < 4.78 is 16.5. The Labute approximate surface area is 195 Å². The molecule has 2 aliphatic heterocycles. The van der Waals surface area contributed by atoms with Crippen molar-refractivity contribution in [2.75, 3.05) is 20.8 Å². The summed E-state index contributed by atoms with van der Waals surface area (Å²) in [6.45, 7) is 1.94. The normalized spacial score (nSPS) is 17.3. The number of ether oxygens (including phenoxy) is 3. The lowest BCUT2D eigenvalue weighted by Crippen LogP contribution is -2.39. The summed E-state index contributed by atoms with van der Waals surface area (Å²) in [5.74, 6) is 0.795. The monoisotopic (exact) mass is 462 g/mol. The summed E-state index contributed by atoms with van der Waals surface area (Å²) in [6, 6.07) is 16.1. The molecule has 8 nitrogen and oxygen atoms in total. The van der Waals surface area contributed by atoms with Crippen LogP contribution in [-0.2, 0) is 9.53 Å². The first kappa shape index (κ1) is 22.3. The predicted molar refractivity (Wildman–Crippen MR) is 126 cm³/mol. The highest BCUT2D eigenvalue weighted by Gasteiger charge is 2.44. The molecule has 0 radical (unpaired) electrons. The van der Waals surface area contributed by atoms with E-state index in [1.165, 1.54) is 11.8 Å². The molecule has 0 saturated carbocycles. The zero-order valence-corrected chi connectivity index (χ0v) is 19.2. The highest BCUT2D eigenvalue weighted by atomic mass is 32.2. The molecule has 2 aromatic carbocycles. The van der Waals surface area contributed by atoms with Crippen LogP contribution in [0.25, 0.3) is 5.70 Å². The van der Waals surface area contributed by atoms with E-state index in [2.05, 4.69) is 6.07 Å². The van der Waals surface area contributed by atoms with Gasteiger partial charge in [0, 0.05) is 17.2 Å². The first-order chi connectivity index (χ1) is 16.0. The average Bonchev–Trinajstić information content (AvgIpc) is 3.18. The number of esters is 1. The fraction of sp³-hybridized carbons (Fsp3) is 0.208. The van der Waals surface area contributed by atoms with E-state index in [1.807, 2.05) is 36.4 Å². The Morgan fingerprint density at radius 1 is 1.21 bits per heavy atom. The summed E-state index contributed by atoms with van der Waals surface area (Å²) in [6.07, 6.45) is 0. The summed E-state index contributed by atoms with van der Waals surface area (Å²) in [4.78, 5) is 20.1. The van der Waals surface area contributed by atoms with Gasteiger partial charge >= 0.3 is 5.97 Å². The molecule has 0 unspecified atom stereocenters. The van der Waals surface area contributed by atoms with Gasteiger partial charge < -0.3 is 19.9 Å². The van der Waals surface area contributed by atoms with Crippen LogP contribution < -0.4 is 15.2 Å². The van der Waals surface area contributed by atoms with Crippen molar-refractivity contribution >= 4 is 28.6 Å². The Balaban J connectivity index is 2.03. The topological polar surface area (TPSA) is 110 Å². The molecule has 4 rings (SSSR count). The predicted octanol–water partition coefficient (Wildman–Crippen LogP) is 3.79. The highest BCUT2D eigenvalue weighted by molar-refractivity contribution is 8.17. The van der Waals surface area contributed by atoms with E-state index in [0.29, 0.717) is 38.4 Å². The first-order valence-electron chi connectivity index (χ1n) is 10.2. The van der Waals surface area contributed by atoms with Gasteiger partial charge in [0.25, 0.3) is 0 Å². The fourth-order valence-electron chi connectivity index (χ4n) is 3.80. The standard InChI is InChI=1S/C24H22N4O4S/c1-4-32-23(29)19-20(14-8-6-5-7-9-14)27-24-28(22(26)18(13-25)33-24)21(19)16-11-10-15(30-2)12-17(16)31-3/h5-12,21H,4,26H2,1-3H3/t21-/m0/s1. The van der Waals surface area contributed by atoms with E-state index in [4.69, 9.17) is 24.9 Å². The molecule has 2 N–H and O–H groups in total. The number of carbonyl (C=O) groups is 1. The number of amidine groups is 1. The maximum Gasteiger partial charge on any atom is 0.338 e. The summed E-state index contributed by atoms with van der Waals surface area (Å²) in [5.41, 5.74) is 8.55. The molecular formula is C24H22N4O4S. The van der Waals surface area contributed by atoms with Gasteiger partial charge in [0.05, 0.1) is 32.1 Å². The van der Waals surface area contributed by atoms with Crippen molar-refractivity contribution in [1.29, 1.82) is 5.26 Å². The number of nitrogens with zero attached hydrogens (tertiary/aromatic N) is 3. The number of nitrogens with two attached hydrogens (primary N) is 1. The van der Waals surface area contributed by atoms with Crippen molar-refractivity contribution in [3.05, 3.63) is 76.0 Å². The van der Waals surface area contributed by atoms with Gasteiger partial charge in [-0.05, 0) is 30.8 Å². The minimum atomic E-state index is -0.731. The van der Waals surface area contributed by atoms with Gasteiger partial charge in [0.2, 0.25) is 0 Å². The number of allylic oxidation sites excluding steroid dienone is 1. The van der Waals surface area contributed by atoms with E-state index in [9.17, 15) is 10.1 Å². The Kier molecular flexibility index (Phi) is 6.29. The molecule has 2 heterocycles. The molecule has 0 amide bonds. The lowest BCUT2D eigenvalue weighted by molar-refractivity contribution is -0.139. The molecule has 2 aliphatic rings. The molecule has 1 atom stereocenters. The molecule has 0 aromatic heterocycles. The van der Waals surface area contributed by atoms with Crippen LogP contribution in [0.1, 0.15) is 24.1 Å². The Bertz CT molecular complexity index is 1230. The van der Waals surface area contributed by atoms with E-state index in [-0.39, 0.29) is 12.4 Å². The van der Waals surface area contributed by atoms with Crippen LogP contribution in [0.4, 0.5) is 0 Å². The van der Waals surface area contributed by atoms with Gasteiger partial charge in [-0.1, -0.05) is 30.3 Å². The summed E-state index contributed by atoms with van der Waals surface area (Å²) in [5, 5.41) is 10.1. The average molecular weight is 463 g/mol. The minimum absolute atomic E-state index is 0.191. The molecule has 0 aliphatic carbocycles. The van der Waals surface area contributed by atoms with Gasteiger partial charge in [-0.3, -0.25) is 4.90 Å². The van der Waals surface area contributed by atoms with Gasteiger partial charge in [0.15, 0.2) is 5.17 Å². The zero-order valence-electron chi connectivity index (χ0n) is 18.4.